The second kappa shape index (κ2) is 7.21. The van der Waals surface area contributed by atoms with Crippen LogP contribution in [0.4, 0.5) is 0 Å². The van der Waals surface area contributed by atoms with Gasteiger partial charge in [0.2, 0.25) is 0 Å². The lowest BCUT2D eigenvalue weighted by Gasteiger charge is -2.19. The third-order valence-electron chi connectivity index (χ3n) is 4.15. The molecule has 0 fully saturated rings. The summed E-state index contributed by atoms with van der Waals surface area (Å²) in [5.41, 5.74) is 3.14. The van der Waals surface area contributed by atoms with Crippen LogP contribution in [0.15, 0.2) is 54.7 Å². The molecule has 0 saturated carbocycles. The lowest BCUT2D eigenvalue weighted by Crippen LogP contribution is -2.12. The van der Waals surface area contributed by atoms with Crippen LogP contribution in [0.5, 0.6) is 5.75 Å². The standard InChI is InChI=1S/C20H21NO3/c1-3-24-19(22)13-17(14-7-5-4-6-8-14)18-12-16(23-2)11-15-9-10-21-20(15)18/h4-12,17,21H,3,13H2,1-2H3. The van der Waals surface area contributed by atoms with E-state index in [0.717, 1.165) is 27.8 Å². The Kier molecular flexibility index (Phi) is 4.85. The summed E-state index contributed by atoms with van der Waals surface area (Å²) in [6, 6.07) is 16.0. The Bertz CT molecular complexity index is 823. The van der Waals surface area contributed by atoms with Crippen molar-refractivity contribution in [2.75, 3.05) is 13.7 Å². The SMILES string of the molecule is CCOC(=O)CC(c1ccccc1)c1cc(OC)cc2cc[nH]c12. The average Bonchev–Trinajstić information content (AvgIpc) is 3.08. The molecule has 0 aliphatic rings. The zero-order chi connectivity index (χ0) is 16.9. The van der Waals surface area contributed by atoms with Gasteiger partial charge in [0, 0.05) is 23.0 Å². The van der Waals surface area contributed by atoms with Gasteiger partial charge in [-0.15, -0.1) is 0 Å². The van der Waals surface area contributed by atoms with Crippen LogP contribution in [0.3, 0.4) is 0 Å². The summed E-state index contributed by atoms with van der Waals surface area (Å²) in [5, 5.41) is 1.06. The van der Waals surface area contributed by atoms with Gasteiger partial charge in [-0.2, -0.15) is 0 Å². The highest BCUT2D eigenvalue weighted by Gasteiger charge is 2.22. The summed E-state index contributed by atoms with van der Waals surface area (Å²) in [7, 11) is 1.65. The van der Waals surface area contributed by atoms with Crippen LogP contribution >= 0.6 is 0 Å². The van der Waals surface area contributed by atoms with E-state index in [4.69, 9.17) is 9.47 Å². The van der Waals surface area contributed by atoms with Gasteiger partial charge in [-0.05, 0) is 36.2 Å². The maximum atomic E-state index is 12.2. The smallest absolute Gasteiger partial charge is 0.306 e. The minimum absolute atomic E-state index is 0.0958. The molecule has 0 radical (unpaired) electrons. The zero-order valence-corrected chi connectivity index (χ0v) is 13.9. The lowest BCUT2D eigenvalue weighted by molar-refractivity contribution is -0.143. The molecule has 1 atom stereocenters. The Balaban J connectivity index is 2.11. The number of carbonyl (C=O) groups excluding carboxylic acids is 1. The monoisotopic (exact) mass is 323 g/mol. The fraction of sp³-hybridized carbons (Fsp3) is 0.250. The summed E-state index contributed by atoms with van der Waals surface area (Å²) in [6.45, 7) is 2.21. The number of fused-ring (bicyclic) bond motifs is 1. The van der Waals surface area contributed by atoms with Crippen molar-refractivity contribution in [1.82, 2.24) is 4.98 Å². The van der Waals surface area contributed by atoms with Gasteiger partial charge in [-0.3, -0.25) is 4.79 Å². The van der Waals surface area contributed by atoms with Crippen molar-refractivity contribution >= 4 is 16.9 Å². The first kappa shape index (κ1) is 16.1. The molecular formula is C20H21NO3. The first-order valence-corrected chi connectivity index (χ1v) is 8.08. The van der Waals surface area contributed by atoms with Crippen LogP contribution in [-0.4, -0.2) is 24.7 Å². The molecule has 1 heterocycles. The summed E-state index contributed by atoms with van der Waals surface area (Å²) >= 11 is 0. The zero-order valence-electron chi connectivity index (χ0n) is 13.9. The molecule has 4 nitrogen and oxygen atoms in total. The van der Waals surface area contributed by atoms with E-state index in [1.165, 1.54) is 0 Å². The number of esters is 1. The molecule has 0 amide bonds. The Morgan fingerprint density at radius 1 is 1.17 bits per heavy atom. The van der Waals surface area contributed by atoms with E-state index in [-0.39, 0.29) is 11.9 Å². The van der Waals surface area contributed by atoms with E-state index < -0.39 is 0 Å². The summed E-state index contributed by atoms with van der Waals surface area (Å²) in [5.74, 6) is 0.484. The summed E-state index contributed by atoms with van der Waals surface area (Å²) in [4.78, 5) is 15.5. The number of hydrogen-bond acceptors (Lipinski definition) is 3. The minimum Gasteiger partial charge on any atom is -0.497 e. The lowest BCUT2D eigenvalue weighted by atomic mass is 9.87. The Labute approximate surface area is 141 Å². The first-order chi connectivity index (χ1) is 11.7. The molecule has 2 aromatic carbocycles. The quantitative estimate of drug-likeness (QED) is 0.690. The molecule has 0 saturated heterocycles. The Hall–Kier alpha value is -2.75. The highest BCUT2D eigenvalue weighted by molar-refractivity contribution is 5.86. The van der Waals surface area contributed by atoms with E-state index in [2.05, 4.69) is 4.98 Å². The molecule has 3 rings (SSSR count). The number of H-pyrrole nitrogens is 1. The number of aromatic nitrogens is 1. The number of benzene rings is 2. The predicted octanol–water partition coefficient (Wildman–Crippen LogP) is 4.26. The summed E-state index contributed by atoms with van der Waals surface area (Å²) < 4.78 is 10.6. The van der Waals surface area contributed by atoms with Gasteiger partial charge in [-0.25, -0.2) is 0 Å². The molecule has 3 aromatic rings. The fourth-order valence-electron chi connectivity index (χ4n) is 3.04. The maximum absolute atomic E-state index is 12.2. The minimum atomic E-state index is -0.200. The van der Waals surface area contributed by atoms with E-state index in [9.17, 15) is 4.79 Å². The number of carbonyl (C=O) groups is 1. The van der Waals surface area contributed by atoms with E-state index >= 15 is 0 Å². The third-order valence-corrected chi connectivity index (χ3v) is 4.15. The van der Waals surface area contributed by atoms with E-state index in [1.54, 1.807) is 7.11 Å². The Morgan fingerprint density at radius 3 is 2.67 bits per heavy atom. The van der Waals surface area contributed by atoms with Gasteiger partial charge < -0.3 is 14.5 Å². The molecule has 1 aromatic heterocycles. The molecule has 1 N–H and O–H groups in total. The van der Waals surface area contributed by atoms with Crippen molar-refractivity contribution in [1.29, 1.82) is 0 Å². The van der Waals surface area contributed by atoms with Crippen molar-refractivity contribution in [2.45, 2.75) is 19.3 Å². The largest absolute Gasteiger partial charge is 0.497 e. The number of hydrogen-bond donors (Lipinski definition) is 1. The maximum Gasteiger partial charge on any atom is 0.306 e. The number of methoxy groups -OCH3 is 1. The number of nitrogens with one attached hydrogen (secondary N) is 1. The summed E-state index contributed by atoms with van der Waals surface area (Å²) in [6.07, 6.45) is 2.19. The molecule has 0 bridgehead atoms. The van der Waals surface area contributed by atoms with Crippen LogP contribution < -0.4 is 4.74 Å². The van der Waals surface area contributed by atoms with Gasteiger partial charge in [0.15, 0.2) is 0 Å². The number of ether oxygens (including phenoxy) is 2. The molecule has 124 valence electrons. The number of rotatable bonds is 6. The van der Waals surface area contributed by atoms with Gasteiger partial charge in [0.1, 0.15) is 5.75 Å². The van der Waals surface area contributed by atoms with Crippen molar-refractivity contribution in [3.63, 3.8) is 0 Å². The van der Waals surface area contributed by atoms with Gasteiger partial charge in [-0.1, -0.05) is 30.3 Å². The normalized spacial score (nSPS) is 12.1. The molecular weight excluding hydrogens is 302 g/mol. The van der Waals surface area contributed by atoms with Crippen LogP contribution in [0.2, 0.25) is 0 Å². The molecule has 1 unspecified atom stereocenters. The van der Waals surface area contributed by atoms with Crippen LogP contribution in [0, 0.1) is 0 Å². The van der Waals surface area contributed by atoms with Crippen molar-refractivity contribution in [2.24, 2.45) is 0 Å². The molecule has 0 aliphatic carbocycles. The molecule has 24 heavy (non-hydrogen) atoms. The third kappa shape index (κ3) is 3.27. The average molecular weight is 323 g/mol. The Morgan fingerprint density at radius 2 is 1.96 bits per heavy atom. The van der Waals surface area contributed by atoms with Gasteiger partial charge in [0.25, 0.3) is 0 Å². The number of aromatic amines is 1. The van der Waals surface area contributed by atoms with Crippen LogP contribution in [-0.2, 0) is 9.53 Å². The van der Waals surface area contributed by atoms with Crippen LogP contribution in [0.1, 0.15) is 30.4 Å². The predicted molar refractivity (Wildman–Crippen MR) is 94.4 cm³/mol. The fourth-order valence-corrected chi connectivity index (χ4v) is 3.04. The highest BCUT2D eigenvalue weighted by Crippen LogP contribution is 2.35. The van der Waals surface area contributed by atoms with Gasteiger partial charge >= 0.3 is 5.97 Å². The molecule has 0 spiro atoms. The molecule has 0 aliphatic heterocycles. The topological polar surface area (TPSA) is 51.3 Å². The second-order valence-electron chi connectivity index (χ2n) is 5.63. The van der Waals surface area contributed by atoms with E-state index in [1.807, 2.05) is 61.7 Å². The molecule has 4 heteroatoms. The second-order valence-corrected chi connectivity index (χ2v) is 5.63. The van der Waals surface area contributed by atoms with Crippen molar-refractivity contribution in [3.05, 3.63) is 65.9 Å². The van der Waals surface area contributed by atoms with E-state index in [0.29, 0.717) is 13.0 Å². The first-order valence-electron chi connectivity index (χ1n) is 8.08. The highest BCUT2D eigenvalue weighted by atomic mass is 16.5. The van der Waals surface area contributed by atoms with Crippen LogP contribution in [0.25, 0.3) is 10.9 Å². The van der Waals surface area contributed by atoms with Crippen molar-refractivity contribution in [3.8, 4) is 5.75 Å². The van der Waals surface area contributed by atoms with Crippen molar-refractivity contribution < 1.29 is 14.3 Å². The van der Waals surface area contributed by atoms with Gasteiger partial charge in [0.05, 0.1) is 20.1 Å².